The number of ketones is 1. The van der Waals surface area contributed by atoms with Crippen LogP contribution >= 0.6 is 11.3 Å². The average molecular weight is 360 g/mol. The second-order valence-electron chi connectivity index (χ2n) is 7.19. The van der Waals surface area contributed by atoms with Crippen LogP contribution in [0.15, 0.2) is 16.8 Å². The number of carbonyl (C=O) groups excluding carboxylic acids is 1. The fourth-order valence-corrected chi connectivity index (χ4v) is 5.17. The summed E-state index contributed by atoms with van der Waals surface area (Å²) in [5.74, 6) is 0.422. The lowest BCUT2D eigenvalue weighted by Gasteiger charge is -2.36. The Hall–Kier alpha value is -2.15. The summed E-state index contributed by atoms with van der Waals surface area (Å²) < 4.78 is 5.19. The molecule has 7 heteroatoms. The molecule has 2 aromatic heterocycles. The lowest BCUT2D eigenvalue weighted by Crippen LogP contribution is -2.36. The molecule has 0 bridgehead atoms. The van der Waals surface area contributed by atoms with Gasteiger partial charge in [-0.1, -0.05) is 18.0 Å². The van der Waals surface area contributed by atoms with E-state index in [1.54, 1.807) is 6.20 Å². The third-order valence-electron chi connectivity index (χ3n) is 5.51. The largest absolute Gasteiger partial charge is 0.478 e. The molecule has 25 heavy (non-hydrogen) atoms. The number of nitrogens with zero attached hydrogens (tertiary/aromatic N) is 1. The van der Waals surface area contributed by atoms with E-state index in [1.165, 1.54) is 12.8 Å². The van der Waals surface area contributed by atoms with Crippen molar-refractivity contribution in [2.75, 3.05) is 5.73 Å². The molecular formula is C18H20N2O4S. The van der Waals surface area contributed by atoms with Gasteiger partial charge in [-0.3, -0.25) is 4.79 Å². The molecule has 4 rings (SSSR count). The molecule has 2 aliphatic carbocycles. The Bertz CT molecular complexity index is 822. The summed E-state index contributed by atoms with van der Waals surface area (Å²) in [6.45, 7) is 0. The van der Waals surface area contributed by atoms with Gasteiger partial charge < -0.3 is 15.4 Å². The van der Waals surface area contributed by atoms with Gasteiger partial charge in [0.25, 0.3) is 0 Å². The standard InChI is InChI=1S/C18H20N2O4S/c19-16-13(17(22)23)12-4-7-18(9-10-1-2-10,15(21)14(12)25-16)6-3-11-5-8-20-24-11/h5,8,10H,1-4,6-7,9,19H2,(H,22,23). The van der Waals surface area contributed by atoms with Crippen molar-refractivity contribution in [1.82, 2.24) is 5.16 Å². The molecule has 2 heterocycles. The minimum atomic E-state index is -1.04. The first-order valence-corrected chi connectivity index (χ1v) is 9.40. The van der Waals surface area contributed by atoms with Crippen molar-refractivity contribution in [3.05, 3.63) is 34.0 Å². The lowest BCUT2D eigenvalue weighted by atomic mass is 9.67. The quantitative estimate of drug-likeness (QED) is 0.816. The number of aromatic carboxylic acids is 1. The van der Waals surface area contributed by atoms with Crippen molar-refractivity contribution >= 4 is 28.1 Å². The van der Waals surface area contributed by atoms with Gasteiger partial charge in [0, 0.05) is 17.9 Å². The molecule has 1 saturated carbocycles. The third kappa shape index (κ3) is 2.86. The summed E-state index contributed by atoms with van der Waals surface area (Å²) in [4.78, 5) is 25.4. The molecule has 2 aliphatic rings. The maximum Gasteiger partial charge on any atom is 0.338 e. The lowest BCUT2D eigenvalue weighted by molar-refractivity contribution is 0.0690. The molecule has 1 unspecified atom stereocenters. The first kappa shape index (κ1) is 16.3. The molecule has 0 aromatic carbocycles. The zero-order valence-corrected chi connectivity index (χ0v) is 14.6. The fraction of sp³-hybridized carbons (Fsp3) is 0.500. The molecule has 1 atom stereocenters. The van der Waals surface area contributed by atoms with Gasteiger partial charge in [0.05, 0.1) is 16.6 Å². The normalized spacial score (nSPS) is 22.8. The molecule has 0 saturated heterocycles. The predicted octanol–water partition coefficient (Wildman–Crippen LogP) is 3.56. The van der Waals surface area contributed by atoms with Gasteiger partial charge in [0.2, 0.25) is 0 Å². The number of aromatic nitrogens is 1. The van der Waals surface area contributed by atoms with Crippen LogP contribution in [0.25, 0.3) is 0 Å². The smallest absolute Gasteiger partial charge is 0.338 e. The first-order chi connectivity index (χ1) is 12.0. The van der Waals surface area contributed by atoms with Crippen molar-refractivity contribution < 1.29 is 19.2 Å². The van der Waals surface area contributed by atoms with Gasteiger partial charge in [0.1, 0.15) is 10.8 Å². The van der Waals surface area contributed by atoms with Crippen molar-refractivity contribution in [1.29, 1.82) is 0 Å². The summed E-state index contributed by atoms with van der Waals surface area (Å²) in [5, 5.41) is 13.4. The highest BCUT2D eigenvalue weighted by Gasteiger charge is 2.47. The van der Waals surface area contributed by atoms with E-state index in [2.05, 4.69) is 5.16 Å². The van der Waals surface area contributed by atoms with E-state index >= 15 is 0 Å². The summed E-state index contributed by atoms with van der Waals surface area (Å²) in [6, 6.07) is 1.83. The van der Waals surface area contributed by atoms with E-state index in [0.717, 1.165) is 23.5 Å². The number of fused-ring (bicyclic) bond motifs is 1. The molecule has 3 N–H and O–H groups in total. The number of nitrogens with two attached hydrogens (primary N) is 1. The van der Waals surface area contributed by atoms with Crippen LogP contribution in [0.4, 0.5) is 5.00 Å². The molecule has 6 nitrogen and oxygen atoms in total. The van der Waals surface area contributed by atoms with E-state index in [-0.39, 0.29) is 16.3 Å². The zero-order valence-electron chi connectivity index (χ0n) is 13.8. The van der Waals surface area contributed by atoms with Crippen LogP contribution in [0, 0.1) is 11.3 Å². The predicted molar refractivity (Wildman–Crippen MR) is 92.9 cm³/mol. The Labute approximate surface area is 149 Å². The van der Waals surface area contributed by atoms with Crippen molar-refractivity contribution in [3.8, 4) is 0 Å². The molecule has 2 aromatic rings. The summed E-state index contributed by atoms with van der Waals surface area (Å²) in [5.41, 5.74) is 6.22. The number of nitrogen functional groups attached to an aromatic ring is 1. The zero-order chi connectivity index (χ0) is 17.6. The molecule has 0 amide bonds. The van der Waals surface area contributed by atoms with Gasteiger partial charge in [-0.15, -0.1) is 11.3 Å². The van der Waals surface area contributed by atoms with Crippen molar-refractivity contribution in [2.45, 2.75) is 44.9 Å². The third-order valence-corrected chi connectivity index (χ3v) is 6.57. The number of anilines is 1. The number of hydrogen-bond donors (Lipinski definition) is 2. The average Bonchev–Trinajstić information content (AvgIpc) is 3.09. The van der Waals surface area contributed by atoms with E-state index < -0.39 is 11.4 Å². The Morgan fingerprint density at radius 2 is 2.28 bits per heavy atom. The minimum absolute atomic E-state index is 0.0735. The number of aryl methyl sites for hydroxylation is 1. The highest BCUT2D eigenvalue weighted by Crippen LogP contribution is 2.51. The highest BCUT2D eigenvalue weighted by molar-refractivity contribution is 7.18. The number of carboxylic acids is 1. The number of rotatable bonds is 6. The molecular weight excluding hydrogens is 340 g/mol. The number of carboxylic acid groups (broad SMARTS) is 1. The van der Waals surface area contributed by atoms with E-state index in [4.69, 9.17) is 10.3 Å². The number of thiophene rings is 1. The van der Waals surface area contributed by atoms with Crippen LogP contribution in [0.5, 0.6) is 0 Å². The topological polar surface area (TPSA) is 106 Å². The molecule has 1 fully saturated rings. The second kappa shape index (κ2) is 5.98. The number of carbonyl (C=O) groups is 2. The summed E-state index contributed by atoms with van der Waals surface area (Å²) in [6.07, 6.45) is 7.49. The first-order valence-electron chi connectivity index (χ1n) is 8.59. The van der Waals surface area contributed by atoms with Crippen LogP contribution < -0.4 is 5.73 Å². The van der Waals surface area contributed by atoms with Gasteiger partial charge in [-0.25, -0.2) is 4.79 Å². The summed E-state index contributed by atoms with van der Waals surface area (Å²) >= 11 is 1.14. The van der Waals surface area contributed by atoms with E-state index in [1.807, 2.05) is 6.07 Å². The maximum atomic E-state index is 13.4. The molecule has 0 aliphatic heterocycles. The van der Waals surface area contributed by atoms with Crippen LogP contribution in [-0.2, 0) is 12.8 Å². The molecule has 0 spiro atoms. The molecule has 0 radical (unpaired) electrons. The van der Waals surface area contributed by atoms with Gasteiger partial charge in [-0.2, -0.15) is 0 Å². The Balaban J connectivity index is 1.66. The number of Topliss-reactive ketones (excluding diaryl/α,β-unsaturated/α-hetero) is 1. The van der Waals surface area contributed by atoms with E-state index in [9.17, 15) is 14.7 Å². The minimum Gasteiger partial charge on any atom is -0.478 e. The van der Waals surface area contributed by atoms with Crippen LogP contribution in [-0.4, -0.2) is 22.0 Å². The van der Waals surface area contributed by atoms with Gasteiger partial charge in [0.15, 0.2) is 5.78 Å². The van der Waals surface area contributed by atoms with Gasteiger partial charge >= 0.3 is 5.97 Å². The number of hydrogen-bond acceptors (Lipinski definition) is 6. The second-order valence-corrected chi connectivity index (χ2v) is 8.24. The Morgan fingerprint density at radius 3 is 2.92 bits per heavy atom. The molecule has 132 valence electrons. The Morgan fingerprint density at radius 1 is 1.48 bits per heavy atom. The van der Waals surface area contributed by atoms with E-state index in [0.29, 0.717) is 42.0 Å². The van der Waals surface area contributed by atoms with Crippen LogP contribution in [0.2, 0.25) is 0 Å². The highest BCUT2D eigenvalue weighted by atomic mass is 32.1. The monoisotopic (exact) mass is 360 g/mol. The van der Waals surface area contributed by atoms with Crippen LogP contribution in [0.3, 0.4) is 0 Å². The SMILES string of the molecule is Nc1sc2c(c1C(=O)O)CCC(CCc1ccno1)(CC1CC1)C2=O. The maximum absolute atomic E-state index is 13.4. The van der Waals surface area contributed by atoms with Crippen molar-refractivity contribution in [2.24, 2.45) is 11.3 Å². The summed E-state index contributed by atoms with van der Waals surface area (Å²) in [7, 11) is 0. The van der Waals surface area contributed by atoms with Crippen LogP contribution in [0.1, 0.15) is 63.5 Å². The Kier molecular flexibility index (Phi) is 3.91. The fourth-order valence-electron chi connectivity index (χ4n) is 4.00. The van der Waals surface area contributed by atoms with Gasteiger partial charge in [-0.05, 0) is 37.2 Å². The van der Waals surface area contributed by atoms with Crippen molar-refractivity contribution in [3.63, 3.8) is 0 Å².